The standard InChI is InChI=1S/C18H26N6O/c1-10(2)16-19-17(21-20-16)14-9-24(8-13(14)12-5-6-12)18(25)15-11(3)7-23(4)22-15/h7,10,12-14H,5-6,8-9H2,1-4H3,(H,19,20,21)/t13-,14+/m1/s1. The summed E-state index contributed by atoms with van der Waals surface area (Å²) in [5.41, 5.74) is 1.50. The van der Waals surface area contributed by atoms with Gasteiger partial charge in [-0.15, -0.1) is 0 Å². The average Bonchev–Trinajstić information content (AvgIpc) is 2.98. The van der Waals surface area contributed by atoms with Gasteiger partial charge in [-0.1, -0.05) is 13.8 Å². The Kier molecular flexibility index (Phi) is 3.89. The molecule has 2 atom stereocenters. The fourth-order valence-electron chi connectivity index (χ4n) is 3.97. The van der Waals surface area contributed by atoms with E-state index in [0.717, 1.165) is 23.8 Å². The van der Waals surface area contributed by atoms with Crippen molar-refractivity contribution in [2.75, 3.05) is 13.1 Å². The third-order valence-corrected chi connectivity index (χ3v) is 5.48. The minimum absolute atomic E-state index is 0.0369. The molecule has 0 radical (unpaired) electrons. The van der Waals surface area contributed by atoms with Gasteiger partial charge in [0, 0.05) is 43.7 Å². The number of aryl methyl sites for hydroxylation is 2. The van der Waals surface area contributed by atoms with E-state index in [1.165, 1.54) is 12.8 Å². The maximum absolute atomic E-state index is 13.0. The number of H-pyrrole nitrogens is 1. The van der Waals surface area contributed by atoms with Crippen LogP contribution in [-0.2, 0) is 7.05 Å². The Hall–Kier alpha value is -2.18. The van der Waals surface area contributed by atoms with Crippen LogP contribution in [0.1, 0.15) is 66.2 Å². The van der Waals surface area contributed by atoms with Crippen LogP contribution in [0.25, 0.3) is 0 Å². The maximum atomic E-state index is 13.0. The lowest BCUT2D eigenvalue weighted by molar-refractivity contribution is 0.0777. The lowest BCUT2D eigenvalue weighted by atomic mass is 9.91. The molecule has 2 aliphatic rings. The molecular formula is C18H26N6O. The highest BCUT2D eigenvalue weighted by atomic mass is 16.2. The molecule has 0 spiro atoms. The van der Waals surface area contributed by atoms with Crippen LogP contribution in [0, 0.1) is 18.8 Å². The summed E-state index contributed by atoms with van der Waals surface area (Å²) in [6.07, 6.45) is 4.42. The number of hydrogen-bond acceptors (Lipinski definition) is 4. The van der Waals surface area contributed by atoms with Gasteiger partial charge >= 0.3 is 0 Å². The Morgan fingerprint density at radius 1 is 1.32 bits per heavy atom. The summed E-state index contributed by atoms with van der Waals surface area (Å²) in [4.78, 5) is 19.6. The van der Waals surface area contributed by atoms with E-state index in [1.54, 1.807) is 4.68 Å². The zero-order chi connectivity index (χ0) is 17.7. The number of nitrogens with one attached hydrogen (secondary N) is 1. The molecule has 3 heterocycles. The molecule has 1 saturated carbocycles. The van der Waals surface area contributed by atoms with Crippen molar-refractivity contribution in [2.24, 2.45) is 18.9 Å². The molecule has 1 aliphatic carbocycles. The van der Waals surface area contributed by atoms with Crippen LogP contribution in [0.3, 0.4) is 0 Å². The van der Waals surface area contributed by atoms with Crippen molar-refractivity contribution in [3.8, 4) is 0 Å². The van der Waals surface area contributed by atoms with E-state index < -0.39 is 0 Å². The average molecular weight is 342 g/mol. The molecule has 1 saturated heterocycles. The fourth-order valence-corrected chi connectivity index (χ4v) is 3.97. The Morgan fingerprint density at radius 2 is 2.08 bits per heavy atom. The summed E-state index contributed by atoms with van der Waals surface area (Å²) in [5, 5.41) is 11.9. The molecule has 2 fully saturated rings. The van der Waals surface area contributed by atoms with Crippen LogP contribution in [0.2, 0.25) is 0 Å². The quantitative estimate of drug-likeness (QED) is 0.924. The van der Waals surface area contributed by atoms with Crippen LogP contribution in [0.4, 0.5) is 0 Å². The zero-order valence-electron chi connectivity index (χ0n) is 15.4. The minimum atomic E-state index is 0.0369. The summed E-state index contributed by atoms with van der Waals surface area (Å²) in [5.74, 6) is 3.57. The highest BCUT2D eigenvalue weighted by Gasteiger charge is 2.46. The molecule has 134 valence electrons. The molecule has 7 heteroatoms. The molecule has 1 N–H and O–H groups in total. The van der Waals surface area contributed by atoms with Gasteiger partial charge in [0.15, 0.2) is 11.5 Å². The zero-order valence-corrected chi connectivity index (χ0v) is 15.4. The number of aromatic nitrogens is 5. The number of amides is 1. The van der Waals surface area contributed by atoms with Gasteiger partial charge in [0.05, 0.1) is 0 Å². The Bertz CT molecular complexity index is 787. The van der Waals surface area contributed by atoms with Crippen molar-refractivity contribution in [1.29, 1.82) is 0 Å². The van der Waals surface area contributed by atoms with Crippen LogP contribution in [-0.4, -0.2) is 48.9 Å². The molecule has 25 heavy (non-hydrogen) atoms. The van der Waals surface area contributed by atoms with E-state index in [2.05, 4.69) is 29.1 Å². The van der Waals surface area contributed by atoms with E-state index in [9.17, 15) is 4.79 Å². The number of hydrogen-bond donors (Lipinski definition) is 1. The van der Waals surface area contributed by atoms with Crippen molar-refractivity contribution in [3.05, 3.63) is 29.1 Å². The first kappa shape index (κ1) is 16.3. The second-order valence-corrected chi connectivity index (χ2v) is 7.89. The van der Waals surface area contributed by atoms with Gasteiger partial charge in [0.25, 0.3) is 5.91 Å². The van der Waals surface area contributed by atoms with Crippen molar-refractivity contribution >= 4 is 5.91 Å². The molecule has 1 aliphatic heterocycles. The SMILES string of the molecule is Cc1cn(C)nc1C(=O)N1C[C@H](c2nc(C(C)C)n[nH]2)[C@@H](C2CC2)C1. The molecular weight excluding hydrogens is 316 g/mol. The molecule has 0 bridgehead atoms. The summed E-state index contributed by atoms with van der Waals surface area (Å²) in [6.45, 7) is 7.63. The largest absolute Gasteiger partial charge is 0.336 e. The maximum Gasteiger partial charge on any atom is 0.274 e. The van der Waals surface area contributed by atoms with Crippen LogP contribution >= 0.6 is 0 Å². The van der Waals surface area contributed by atoms with E-state index in [1.807, 2.05) is 25.1 Å². The molecule has 7 nitrogen and oxygen atoms in total. The molecule has 0 aromatic carbocycles. The highest BCUT2D eigenvalue weighted by molar-refractivity contribution is 5.93. The molecule has 0 unspecified atom stereocenters. The Balaban J connectivity index is 1.58. The van der Waals surface area contributed by atoms with E-state index in [4.69, 9.17) is 4.98 Å². The highest BCUT2D eigenvalue weighted by Crippen LogP contribution is 2.47. The number of carbonyl (C=O) groups is 1. The minimum Gasteiger partial charge on any atom is -0.336 e. The van der Waals surface area contributed by atoms with Gasteiger partial charge < -0.3 is 4.90 Å². The fraction of sp³-hybridized carbons (Fsp3) is 0.667. The first-order valence-corrected chi connectivity index (χ1v) is 9.15. The Labute approximate surface area is 147 Å². The summed E-state index contributed by atoms with van der Waals surface area (Å²) >= 11 is 0. The number of nitrogens with zero attached hydrogens (tertiary/aromatic N) is 5. The number of carbonyl (C=O) groups excluding carboxylic acids is 1. The van der Waals surface area contributed by atoms with Gasteiger partial charge in [-0.05, 0) is 31.6 Å². The molecule has 2 aromatic heterocycles. The van der Waals surface area contributed by atoms with Crippen molar-refractivity contribution in [2.45, 2.75) is 45.4 Å². The second-order valence-electron chi connectivity index (χ2n) is 7.89. The second kappa shape index (κ2) is 5.97. The monoisotopic (exact) mass is 342 g/mol. The molecule has 4 rings (SSSR count). The predicted octanol–water partition coefficient (Wildman–Crippen LogP) is 2.24. The van der Waals surface area contributed by atoms with Gasteiger partial charge in [-0.25, -0.2) is 4.98 Å². The molecule has 2 aromatic rings. The predicted molar refractivity (Wildman–Crippen MR) is 93.3 cm³/mol. The first-order chi connectivity index (χ1) is 11.9. The van der Waals surface area contributed by atoms with E-state index in [0.29, 0.717) is 30.0 Å². The Morgan fingerprint density at radius 3 is 2.64 bits per heavy atom. The molecule has 1 amide bonds. The van der Waals surface area contributed by atoms with Gasteiger partial charge in [0.2, 0.25) is 0 Å². The van der Waals surface area contributed by atoms with Crippen LogP contribution < -0.4 is 0 Å². The smallest absolute Gasteiger partial charge is 0.274 e. The van der Waals surface area contributed by atoms with Crippen LogP contribution in [0.5, 0.6) is 0 Å². The van der Waals surface area contributed by atoms with E-state index in [-0.39, 0.29) is 11.8 Å². The van der Waals surface area contributed by atoms with Crippen molar-refractivity contribution < 1.29 is 4.79 Å². The summed E-state index contributed by atoms with van der Waals surface area (Å²) < 4.78 is 1.71. The van der Waals surface area contributed by atoms with Crippen molar-refractivity contribution in [3.63, 3.8) is 0 Å². The number of rotatable bonds is 4. The van der Waals surface area contributed by atoms with Gasteiger partial charge in [-0.3, -0.25) is 14.6 Å². The lowest BCUT2D eigenvalue weighted by Crippen LogP contribution is -2.30. The van der Waals surface area contributed by atoms with Gasteiger partial charge in [0.1, 0.15) is 5.82 Å². The van der Waals surface area contributed by atoms with E-state index >= 15 is 0 Å². The summed E-state index contributed by atoms with van der Waals surface area (Å²) in [6, 6.07) is 0. The number of aromatic amines is 1. The normalized spacial score (nSPS) is 23.6. The lowest BCUT2D eigenvalue weighted by Gasteiger charge is -2.15. The topological polar surface area (TPSA) is 79.7 Å². The summed E-state index contributed by atoms with van der Waals surface area (Å²) in [7, 11) is 1.85. The van der Waals surface area contributed by atoms with Gasteiger partial charge in [-0.2, -0.15) is 10.2 Å². The third-order valence-electron chi connectivity index (χ3n) is 5.48. The third kappa shape index (κ3) is 2.96. The first-order valence-electron chi connectivity index (χ1n) is 9.15. The number of likely N-dealkylation sites (tertiary alicyclic amines) is 1. The van der Waals surface area contributed by atoms with Crippen molar-refractivity contribution in [1.82, 2.24) is 29.9 Å². The van der Waals surface area contributed by atoms with Crippen LogP contribution in [0.15, 0.2) is 6.20 Å².